The summed E-state index contributed by atoms with van der Waals surface area (Å²) < 4.78 is 0. The lowest BCUT2D eigenvalue weighted by Crippen LogP contribution is -2.15. The van der Waals surface area contributed by atoms with Gasteiger partial charge in [0.1, 0.15) is 0 Å². The van der Waals surface area contributed by atoms with Gasteiger partial charge in [-0.1, -0.05) is 29.8 Å². The van der Waals surface area contributed by atoms with Gasteiger partial charge in [0.25, 0.3) is 0 Å². The molecule has 0 atom stereocenters. The molecule has 0 heterocycles. The van der Waals surface area contributed by atoms with Gasteiger partial charge in [0.15, 0.2) is 0 Å². The summed E-state index contributed by atoms with van der Waals surface area (Å²) in [5.74, 6) is 0.934. The summed E-state index contributed by atoms with van der Waals surface area (Å²) in [6.45, 7) is 0.990. The van der Waals surface area contributed by atoms with Crippen molar-refractivity contribution in [2.45, 2.75) is 30.3 Å². The Morgan fingerprint density at radius 3 is 3.06 bits per heavy atom. The molecule has 0 unspecified atom stereocenters. The molecule has 0 saturated heterocycles. The van der Waals surface area contributed by atoms with Crippen LogP contribution in [0.4, 0.5) is 0 Å². The van der Waals surface area contributed by atoms with E-state index in [4.69, 9.17) is 11.6 Å². The molecule has 0 aromatic heterocycles. The van der Waals surface area contributed by atoms with Gasteiger partial charge in [0.2, 0.25) is 0 Å². The van der Waals surface area contributed by atoms with Crippen molar-refractivity contribution in [2.24, 2.45) is 0 Å². The van der Waals surface area contributed by atoms with Gasteiger partial charge in [-0.2, -0.15) is 0 Å². The molecular weight excluding hydrogens is 238 g/mol. The van der Waals surface area contributed by atoms with Crippen LogP contribution in [0.25, 0.3) is 0 Å². The van der Waals surface area contributed by atoms with Crippen molar-refractivity contribution < 1.29 is 0 Å². The first kappa shape index (κ1) is 12.0. The van der Waals surface area contributed by atoms with Gasteiger partial charge in [-0.3, -0.25) is 0 Å². The smallest absolute Gasteiger partial charge is 0.0208 e. The molecule has 1 aromatic rings. The molecule has 0 spiro atoms. The lowest BCUT2D eigenvalue weighted by molar-refractivity contribution is 0.687. The van der Waals surface area contributed by atoms with Crippen molar-refractivity contribution >= 4 is 23.4 Å². The standard InChI is InChI=1S/C13H16ClNS/c14-7-2-8-16-13-4-1-3-11(9-13)10-15-12-5-6-12/h1-4,7,9,12,15H,5-6,8,10H2. The van der Waals surface area contributed by atoms with E-state index < -0.39 is 0 Å². The zero-order valence-electron chi connectivity index (χ0n) is 9.16. The van der Waals surface area contributed by atoms with Crippen LogP contribution in [0, 0.1) is 0 Å². The number of nitrogens with one attached hydrogen (secondary N) is 1. The summed E-state index contributed by atoms with van der Waals surface area (Å²) in [4.78, 5) is 1.31. The molecule has 16 heavy (non-hydrogen) atoms. The fourth-order valence-electron chi connectivity index (χ4n) is 1.48. The van der Waals surface area contributed by atoms with Crippen molar-refractivity contribution in [3.63, 3.8) is 0 Å². The Labute approximate surface area is 106 Å². The molecular formula is C13H16ClNS. The van der Waals surface area contributed by atoms with Gasteiger partial charge >= 0.3 is 0 Å². The Morgan fingerprint density at radius 2 is 2.31 bits per heavy atom. The molecule has 1 aliphatic carbocycles. The van der Waals surface area contributed by atoms with Crippen LogP contribution in [0.3, 0.4) is 0 Å². The zero-order chi connectivity index (χ0) is 11.2. The Morgan fingerprint density at radius 1 is 1.44 bits per heavy atom. The van der Waals surface area contributed by atoms with Crippen LogP contribution >= 0.6 is 23.4 Å². The summed E-state index contributed by atoms with van der Waals surface area (Å²) in [5, 5.41) is 3.52. The first-order valence-electron chi connectivity index (χ1n) is 5.59. The minimum atomic E-state index is 0.774. The summed E-state index contributed by atoms with van der Waals surface area (Å²) >= 11 is 7.30. The maximum atomic E-state index is 5.49. The molecule has 86 valence electrons. The largest absolute Gasteiger partial charge is 0.310 e. The third-order valence-electron chi connectivity index (χ3n) is 2.51. The molecule has 0 aliphatic heterocycles. The third-order valence-corrected chi connectivity index (χ3v) is 3.63. The van der Waals surface area contributed by atoms with Crippen LogP contribution in [0.2, 0.25) is 0 Å². The van der Waals surface area contributed by atoms with Gasteiger partial charge in [0, 0.05) is 28.8 Å². The number of hydrogen-bond donors (Lipinski definition) is 1. The van der Waals surface area contributed by atoms with E-state index in [0.717, 1.165) is 18.3 Å². The Kier molecular flexibility index (Phi) is 4.76. The highest BCUT2D eigenvalue weighted by molar-refractivity contribution is 7.99. The van der Waals surface area contributed by atoms with E-state index in [9.17, 15) is 0 Å². The van der Waals surface area contributed by atoms with Crippen LogP contribution in [0.15, 0.2) is 40.8 Å². The van der Waals surface area contributed by atoms with Crippen LogP contribution in [0.5, 0.6) is 0 Å². The summed E-state index contributed by atoms with van der Waals surface area (Å²) in [6, 6.07) is 9.47. The molecule has 1 aliphatic rings. The van der Waals surface area contributed by atoms with Crippen molar-refractivity contribution in [1.82, 2.24) is 5.32 Å². The average molecular weight is 254 g/mol. The van der Waals surface area contributed by atoms with Crippen LogP contribution in [0.1, 0.15) is 18.4 Å². The van der Waals surface area contributed by atoms with E-state index in [-0.39, 0.29) is 0 Å². The highest BCUT2D eigenvalue weighted by Crippen LogP contribution is 2.21. The minimum Gasteiger partial charge on any atom is -0.310 e. The molecule has 3 heteroatoms. The number of benzene rings is 1. The van der Waals surface area contributed by atoms with Crippen molar-refractivity contribution in [3.8, 4) is 0 Å². The topological polar surface area (TPSA) is 12.0 Å². The van der Waals surface area contributed by atoms with E-state index in [1.54, 1.807) is 5.54 Å². The van der Waals surface area contributed by atoms with Gasteiger partial charge in [-0.25, -0.2) is 0 Å². The molecule has 1 fully saturated rings. The average Bonchev–Trinajstić information content (AvgIpc) is 3.11. The lowest BCUT2D eigenvalue weighted by Gasteiger charge is -2.05. The van der Waals surface area contributed by atoms with Gasteiger partial charge in [-0.05, 0) is 30.5 Å². The second-order valence-electron chi connectivity index (χ2n) is 3.98. The molecule has 1 aromatic carbocycles. The highest BCUT2D eigenvalue weighted by atomic mass is 35.5. The number of rotatable bonds is 6. The van der Waals surface area contributed by atoms with E-state index in [0.29, 0.717) is 0 Å². The predicted molar refractivity (Wildman–Crippen MR) is 72.0 cm³/mol. The quantitative estimate of drug-likeness (QED) is 0.775. The van der Waals surface area contributed by atoms with Crippen LogP contribution in [-0.4, -0.2) is 11.8 Å². The SMILES string of the molecule is ClC=CCSc1cccc(CNC2CC2)c1. The molecule has 0 bridgehead atoms. The van der Waals surface area contributed by atoms with Gasteiger partial charge < -0.3 is 5.32 Å². The normalized spacial score (nSPS) is 15.8. The first-order valence-corrected chi connectivity index (χ1v) is 7.01. The predicted octanol–water partition coefficient (Wildman–Crippen LogP) is 3.78. The number of hydrogen-bond acceptors (Lipinski definition) is 2. The Bertz CT molecular complexity index is 361. The van der Waals surface area contributed by atoms with E-state index in [2.05, 4.69) is 29.6 Å². The highest BCUT2D eigenvalue weighted by Gasteiger charge is 2.19. The van der Waals surface area contributed by atoms with Crippen molar-refractivity contribution in [2.75, 3.05) is 5.75 Å². The fraction of sp³-hybridized carbons (Fsp3) is 0.385. The van der Waals surface area contributed by atoms with Crippen LogP contribution in [-0.2, 0) is 6.54 Å². The van der Waals surface area contributed by atoms with Gasteiger partial charge in [0.05, 0.1) is 0 Å². The lowest BCUT2D eigenvalue weighted by atomic mass is 10.2. The maximum absolute atomic E-state index is 5.49. The van der Waals surface area contributed by atoms with Crippen molar-refractivity contribution in [3.05, 3.63) is 41.4 Å². The van der Waals surface area contributed by atoms with E-state index in [1.165, 1.54) is 23.3 Å². The molecule has 1 saturated carbocycles. The maximum Gasteiger partial charge on any atom is 0.0208 e. The molecule has 2 rings (SSSR count). The number of thioether (sulfide) groups is 1. The first-order chi connectivity index (χ1) is 7.88. The summed E-state index contributed by atoms with van der Waals surface area (Å²) in [5.41, 5.74) is 2.94. The number of halogens is 1. The second kappa shape index (κ2) is 6.33. The molecule has 0 amide bonds. The molecule has 1 N–H and O–H groups in total. The van der Waals surface area contributed by atoms with E-state index >= 15 is 0 Å². The van der Waals surface area contributed by atoms with Crippen molar-refractivity contribution in [1.29, 1.82) is 0 Å². The second-order valence-corrected chi connectivity index (χ2v) is 5.32. The van der Waals surface area contributed by atoms with Crippen LogP contribution < -0.4 is 5.32 Å². The third kappa shape index (κ3) is 4.20. The summed E-state index contributed by atoms with van der Waals surface area (Å²) in [6.07, 6.45) is 4.64. The molecule has 1 nitrogen and oxygen atoms in total. The Balaban J connectivity index is 1.84. The summed E-state index contributed by atoms with van der Waals surface area (Å²) in [7, 11) is 0. The zero-order valence-corrected chi connectivity index (χ0v) is 10.7. The Hall–Kier alpha value is -0.440. The minimum absolute atomic E-state index is 0.774. The van der Waals surface area contributed by atoms with E-state index in [1.807, 2.05) is 17.8 Å². The fourth-order valence-corrected chi connectivity index (χ4v) is 2.46. The van der Waals surface area contributed by atoms with Gasteiger partial charge in [-0.15, -0.1) is 11.8 Å². The molecule has 0 radical (unpaired) electrons. The monoisotopic (exact) mass is 253 g/mol.